The van der Waals surface area contributed by atoms with Gasteiger partial charge in [0.15, 0.2) is 0 Å². The number of ether oxygens (including phenoxy) is 1. The van der Waals surface area contributed by atoms with E-state index in [2.05, 4.69) is 5.32 Å². The number of nitrogens with one attached hydrogen (secondary N) is 1. The topological polar surface area (TPSA) is 105 Å². The molecule has 0 fully saturated rings. The summed E-state index contributed by atoms with van der Waals surface area (Å²) in [5, 5.41) is 22.7. The molecule has 6 nitrogen and oxygen atoms in total. The van der Waals surface area contributed by atoms with Gasteiger partial charge in [-0.1, -0.05) is 19.1 Å². The first-order valence-electron chi connectivity index (χ1n) is 7.35. The zero-order valence-corrected chi connectivity index (χ0v) is 13.6. The van der Waals surface area contributed by atoms with Crippen LogP contribution in [0.4, 0.5) is 10.5 Å². The Labute approximate surface area is 131 Å². The Kier molecular flexibility index (Phi) is 6.20. The van der Waals surface area contributed by atoms with Gasteiger partial charge in [-0.25, -0.2) is 4.79 Å². The van der Waals surface area contributed by atoms with Crippen LogP contribution in [0, 0.1) is 0 Å². The quantitative estimate of drug-likeness (QED) is 0.620. The number of hydrogen-bond acceptors (Lipinski definition) is 5. The van der Waals surface area contributed by atoms with E-state index >= 15 is 0 Å². The Balaban J connectivity index is 2.65. The summed E-state index contributed by atoms with van der Waals surface area (Å²) in [6, 6.07) is 5.33. The number of hydrogen-bond donors (Lipinski definition) is 4. The lowest BCUT2D eigenvalue weighted by atomic mass is 9.99. The number of benzene rings is 1. The van der Waals surface area contributed by atoms with Crippen LogP contribution in [-0.4, -0.2) is 34.6 Å². The second-order valence-electron chi connectivity index (χ2n) is 6.21. The molecule has 1 amide bonds. The van der Waals surface area contributed by atoms with Gasteiger partial charge in [0.1, 0.15) is 17.8 Å². The van der Waals surface area contributed by atoms with Gasteiger partial charge in [0, 0.05) is 17.8 Å². The molecule has 5 N–H and O–H groups in total. The molecule has 0 spiro atoms. The molecule has 2 unspecified atom stereocenters. The average molecular weight is 310 g/mol. The van der Waals surface area contributed by atoms with Crippen LogP contribution in [0.15, 0.2) is 18.2 Å². The van der Waals surface area contributed by atoms with E-state index in [0.717, 1.165) is 12.0 Å². The fraction of sp³-hybridized carbons (Fsp3) is 0.562. The molecular formula is C16H26N2O4. The first-order valence-corrected chi connectivity index (χ1v) is 7.35. The highest BCUT2D eigenvalue weighted by atomic mass is 16.6. The van der Waals surface area contributed by atoms with Gasteiger partial charge in [0.25, 0.3) is 0 Å². The molecule has 0 bridgehead atoms. The van der Waals surface area contributed by atoms with Crippen LogP contribution in [0.3, 0.4) is 0 Å². The van der Waals surface area contributed by atoms with Crippen LogP contribution in [0.25, 0.3) is 0 Å². The first-order chi connectivity index (χ1) is 10.1. The Morgan fingerprint density at radius 2 is 2.00 bits per heavy atom. The minimum absolute atomic E-state index is 0.133. The Bertz CT molecular complexity index is 511. The van der Waals surface area contributed by atoms with Gasteiger partial charge in [0.05, 0.1) is 0 Å². The van der Waals surface area contributed by atoms with Gasteiger partial charge in [-0.2, -0.15) is 0 Å². The van der Waals surface area contributed by atoms with Crippen molar-refractivity contribution >= 4 is 11.8 Å². The van der Waals surface area contributed by atoms with Gasteiger partial charge < -0.3 is 26.0 Å². The third-order valence-corrected chi connectivity index (χ3v) is 3.10. The third-order valence-electron chi connectivity index (χ3n) is 3.10. The van der Waals surface area contributed by atoms with E-state index < -0.39 is 23.9 Å². The predicted octanol–water partition coefficient (Wildman–Crippen LogP) is 1.75. The van der Waals surface area contributed by atoms with E-state index in [1.54, 1.807) is 32.9 Å². The highest BCUT2D eigenvalue weighted by Gasteiger charge is 2.23. The lowest BCUT2D eigenvalue weighted by Gasteiger charge is -2.23. The van der Waals surface area contributed by atoms with Gasteiger partial charge in [-0.15, -0.1) is 0 Å². The zero-order chi connectivity index (χ0) is 16.9. The lowest BCUT2D eigenvalue weighted by Crippen LogP contribution is -2.39. The number of nitrogen functional groups attached to an aromatic ring is 1. The number of carbonyl (C=O) groups is 1. The van der Waals surface area contributed by atoms with Crippen molar-refractivity contribution in [2.75, 3.05) is 12.3 Å². The van der Waals surface area contributed by atoms with Gasteiger partial charge in [-0.3, -0.25) is 0 Å². The number of alkyl carbamates (subject to hydrolysis) is 1. The Morgan fingerprint density at radius 1 is 1.36 bits per heavy atom. The minimum Gasteiger partial charge on any atom is -0.444 e. The highest BCUT2D eigenvalue weighted by Crippen LogP contribution is 2.24. The van der Waals surface area contributed by atoms with Crippen molar-refractivity contribution in [1.82, 2.24) is 5.32 Å². The monoisotopic (exact) mass is 310 g/mol. The summed E-state index contributed by atoms with van der Waals surface area (Å²) in [5.41, 5.74) is 7.09. The van der Waals surface area contributed by atoms with Gasteiger partial charge in [0.2, 0.25) is 0 Å². The van der Waals surface area contributed by atoms with Crippen molar-refractivity contribution in [3.63, 3.8) is 0 Å². The summed E-state index contributed by atoms with van der Waals surface area (Å²) >= 11 is 0. The minimum atomic E-state index is -1.18. The molecule has 2 atom stereocenters. The molecular weight excluding hydrogens is 284 g/mol. The van der Waals surface area contributed by atoms with Crippen molar-refractivity contribution < 1.29 is 19.7 Å². The van der Waals surface area contributed by atoms with Crippen LogP contribution < -0.4 is 11.1 Å². The highest BCUT2D eigenvalue weighted by molar-refractivity contribution is 5.67. The number of aliphatic hydroxyl groups is 2. The molecule has 0 aliphatic heterocycles. The fourth-order valence-corrected chi connectivity index (χ4v) is 1.92. The lowest BCUT2D eigenvalue weighted by molar-refractivity contribution is 0.0132. The van der Waals surface area contributed by atoms with E-state index in [1.165, 1.54) is 0 Å². The third kappa shape index (κ3) is 5.54. The van der Waals surface area contributed by atoms with Crippen molar-refractivity contribution in [3.8, 4) is 0 Å². The second kappa shape index (κ2) is 7.47. The summed E-state index contributed by atoms with van der Waals surface area (Å²) in [4.78, 5) is 11.5. The van der Waals surface area contributed by atoms with E-state index in [1.807, 2.05) is 13.0 Å². The molecule has 1 rings (SSSR count). The van der Waals surface area contributed by atoms with Crippen molar-refractivity contribution in [3.05, 3.63) is 29.3 Å². The van der Waals surface area contributed by atoms with Crippen LogP contribution >= 0.6 is 0 Å². The molecule has 0 aliphatic rings. The number of carbonyl (C=O) groups excluding carboxylic acids is 1. The Morgan fingerprint density at radius 3 is 2.55 bits per heavy atom. The molecule has 0 saturated heterocycles. The van der Waals surface area contributed by atoms with E-state index in [9.17, 15) is 15.0 Å². The van der Waals surface area contributed by atoms with E-state index in [-0.39, 0.29) is 6.54 Å². The van der Waals surface area contributed by atoms with Crippen molar-refractivity contribution in [2.45, 2.75) is 51.9 Å². The molecule has 6 heteroatoms. The number of rotatable bonds is 5. The maximum atomic E-state index is 11.5. The smallest absolute Gasteiger partial charge is 0.407 e. The summed E-state index contributed by atoms with van der Waals surface area (Å²) in [6.45, 7) is 7.09. The fourth-order valence-electron chi connectivity index (χ4n) is 1.92. The van der Waals surface area contributed by atoms with Gasteiger partial charge in [-0.05, 0) is 38.8 Å². The second-order valence-corrected chi connectivity index (χ2v) is 6.21. The van der Waals surface area contributed by atoms with Crippen LogP contribution in [0.1, 0.15) is 44.9 Å². The van der Waals surface area contributed by atoms with Crippen LogP contribution in [0.5, 0.6) is 0 Å². The summed E-state index contributed by atoms with van der Waals surface area (Å²) in [5.74, 6) is 0. The number of amides is 1. The van der Waals surface area contributed by atoms with Crippen molar-refractivity contribution in [1.29, 1.82) is 0 Å². The molecule has 0 radical (unpaired) electrons. The molecule has 0 aromatic heterocycles. The average Bonchev–Trinajstić information content (AvgIpc) is 2.42. The first kappa shape index (κ1) is 18.3. The van der Waals surface area contributed by atoms with E-state index in [0.29, 0.717) is 11.3 Å². The molecule has 0 heterocycles. The summed E-state index contributed by atoms with van der Waals surface area (Å²) in [7, 11) is 0. The standard InChI is InChI=1S/C16H26N2O4/c1-5-10-6-7-12(17)11(8-10)14(20)13(19)9-18-15(21)22-16(2,3)4/h6-8,13-14,19-20H,5,9,17H2,1-4H3,(H,18,21). The molecule has 1 aromatic carbocycles. The molecule has 1 aromatic rings. The molecule has 0 saturated carbocycles. The number of aliphatic hydroxyl groups excluding tert-OH is 2. The van der Waals surface area contributed by atoms with E-state index in [4.69, 9.17) is 10.5 Å². The predicted molar refractivity (Wildman–Crippen MR) is 85.4 cm³/mol. The maximum absolute atomic E-state index is 11.5. The summed E-state index contributed by atoms with van der Waals surface area (Å²) in [6.07, 6.45) is -2.20. The zero-order valence-electron chi connectivity index (χ0n) is 13.6. The maximum Gasteiger partial charge on any atom is 0.407 e. The molecule has 0 aliphatic carbocycles. The normalized spacial score (nSPS) is 14.3. The number of anilines is 1. The van der Waals surface area contributed by atoms with Crippen molar-refractivity contribution in [2.24, 2.45) is 0 Å². The van der Waals surface area contributed by atoms with Crippen LogP contribution in [0.2, 0.25) is 0 Å². The summed E-state index contributed by atoms with van der Waals surface area (Å²) < 4.78 is 5.07. The number of aryl methyl sites for hydroxylation is 1. The largest absolute Gasteiger partial charge is 0.444 e. The number of nitrogens with two attached hydrogens (primary N) is 1. The molecule has 22 heavy (non-hydrogen) atoms. The van der Waals surface area contributed by atoms with Crippen LogP contribution in [-0.2, 0) is 11.2 Å². The SMILES string of the molecule is CCc1ccc(N)c(C(O)C(O)CNC(=O)OC(C)(C)C)c1. The van der Waals surface area contributed by atoms with Gasteiger partial charge >= 0.3 is 6.09 Å². The molecule has 124 valence electrons. The Hall–Kier alpha value is -1.79.